The summed E-state index contributed by atoms with van der Waals surface area (Å²) in [6, 6.07) is 0.0194. The minimum atomic E-state index is -0.332. The normalized spacial score (nSPS) is 48.6. The van der Waals surface area contributed by atoms with Gasteiger partial charge in [-0.25, -0.2) is 0 Å². The van der Waals surface area contributed by atoms with Crippen molar-refractivity contribution < 1.29 is 5.11 Å². The summed E-state index contributed by atoms with van der Waals surface area (Å²) in [5, 5.41) is 9.76. The fourth-order valence-corrected chi connectivity index (χ4v) is 5.10. The number of hydrogen-bond donors (Lipinski definition) is 2. The van der Waals surface area contributed by atoms with Crippen LogP contribution in [0.25, 0.3) is 0 Å². The molecule has 4 aliphatic rings. The molecule has 4 bridgehead atoms. The van der Waals surface area contributed by atoms with E-state index in [0.717, 1.165) is 17.8 Å². The second kappa shape index (κ2) is 4.15. The van der Waals surface area contributed by atoms with Gasteiger partial charge in [0.15, 0.2) is 0 Å². The molecule has 0 aromatic carbocycles. The van der Waals surface area contributed by atoms with Crippen molar-refractivity contribution in [3.05, 3.63) is 0 Å². The van der Waals surface area contributed by atoms with E-state index < -0.39 is 0 Å². The minimum absolute atomic E-state index is 0. The lowest BCUT2D eigenvalue weighted by Gasteiger charge is -2.59. The maximum Gasteiger partial charge on any atom is 0.0668 e. The number of nitrogens with two attached hydrogens (primary N) is 1. The number of halogens is 1. The Morgan fingerprint density at radius 3 is 1.75 bits per heavy atom. The summed E-state index contributed by atoms with van der Waals surface area (Å²) in [6.45, 7) is 1.86. The van der Waals surface area contributed by atoms with Crippen molar-refractivity contribution in [1.29, 1.82) is 0 Å². The number of aliphatic hydroxyl groups excluding tert-OH is 1. The third kappa shape index (κ3) is 1.79. The monoisotopic (exact) mass is 245 g/mol. The van der Waals surface area contributed by atoms with E-state index in [-0.39, 0.29) is 24.6 Å². The van der Waals surface area contributed by atoms with E-state index in [0.29, 0.717) is 5.41 Å². The molecule has 4 fully saturated rings. The molecule has 16 heavy (non-hydrogen) atoms. The van der Waals surface area contributed by atoms with Crippen LogP contribution in [0.15, 0.2) is 0 Å². The average molecular weight is 246 g/mol. The lowest BCUT2D eigenvalue weighted by molar-refractivity contribution is -0.0864. The molecule has 94 valence electrons. The zero-order chi connectivity index (χ0) is 10.6. The van der Waals surface area contributed by atoms with Gasteiger partial charge in [-0.15, -0.1) is 12.4 Å². The van der Waals surface area contributed by atoms with Gasteiger partial charge >= 0.3 is 0 Å². The van der Waals surface area contributed by atoms with E-state index in [4.69, 9.17) is 5.73 Å². The van der Waals surface area contributed by atoms with Gasteiger partial charge in [-0.3, -0.25) is 0 Å². The Morgan fingerprint density at radius 2 is 1.44 bits per heavy atom. The Labute approximate surface area is 104 Å². The van der Waals surface area contributed by atoms with E-state index in [9.17, 15) is 5.11 Å². The maximum atomic E-state index is 9.76. The van der Waals surface area contributed by atoms with Gasteiger partial charge in [-0.1, -0.05) is 0 Å². The van der Waals surface area contributed by atoms with E-state index in [2.05, 4.69) is 0 Å². The first kappa shape index (κ1) is 12.7. The van der Waals surface area contributed by atoms with Crippen molar-refractivity contribution in [3.63, 3.8) is 0 Å². The van der Waals surface area contributed by atoms with E-state index >= 15 is 0 Å². The van der Waals surface area contributed by atoms with E-state index in [1.165, 1.54) is 38.5 Å². The molecule has 0 radical (unpaired) electrons. The highest BCUT2D eigenvalue weighted by atomic mass is 35.5. The van der Waals surface area contributed by atoms with Gasteiger partial charge in [0.05, 0.1) is 6.10 Å². The number of aliphatic hydroxyl groups is 1. The Morgan fingerprint density at radius 1 is 1.06 bits per heavy atom. The summed E-state index contributed by atoms with van der Waals surface area (Å²) in [7, 11) is 0. The van der Waals surface area contributed by atoms with Crippen molar-refractivity contribution in [3.8, 4) is 0 Å². The van der Waals surface area contributed by atoms with Gasteiger partial charge in [0.1, 0.15) is 0 Å². The van der Waals surface area contributed by atoms with Gasteiger partial charge < -0.3 is 10.8 Å². The SMILES string of the molecule is C[C@H](O)[C@H](N)C12CC3CC(CC(C3)C1)C2.Cl. The molecule has 3 N–H and O–H groups in total. The van der Waals surface area contributed by atoms with Crippen LogP contribution in [0.2, 0.25) is 0 Å². The quantitative estimate of drug-likeness (QED) is 0.785. The first-order valence-electron chi connectivity index (χ1n) is 6.53. The smallest absolute Gasteiger partial charge is 0.0668 e. The van der Waals surface area contributed by atoms with Gasteiger partial charge in [-0.05, 0) is 68.6 Å². The summed E-state index contributed by atoms with van der Waals surface area (Å²) in [5.41, 5.74) is 6.57. The maximum absolute atomic E-state index is 9.76. The molecular formula is C13H24ClNO. The van der Waals surface area contributed by atoms with Gasteiger partial charge in [-0.2, -0.15) is 0 Å². The predicted octanol–water partition coefficient (Wildman–Crippen LogP) is 2.33. The first-order valence-corrected chi connectivity index (χ1v) is 6.53. The summed E-state index contributed by atoms with van der Waals surface area (Å²) in [6.07, 6.45) is 7.91. The van der Waals surface area contributed by atoms with Crippen LogP contribution in [0.1, 0.15) is 45.4 Å². The molecule has 0 spiro atoms. The fraction of sp³-hybridized carbons (Fsp3) is 1.00. The van der Waals surface area contributed by atoms with Crippen LogP contribution in [0, 0.1) is 23.2 Å². The Kier molecular flexibility index (Phi) is 3.28. The van der Waals surface area contributed by atoms with Crippen LogP contribution in [0.5, 0.6) is 0 Å². The lowest BCUT2D eigenvalue weighted by atomic mass is 9.47. The molecule has 0 aliphatic heterocycles. The molecule has 0 heterocycles. The molecule has 4 aliphatic carbocycles. The van der Waals surface area contributed by atoms with Crippen LogP contribution in [-0.2, 0) is 0 Å². The minimum Gasteiger partial charge on any atom is -0.392 e. The molecule has 0 unspecified atom stereocenters. The summed E-state index contributed by atoms with van der Waals surface area (Å²) < 4.78 is 0. The standard InChI is InChI=1S/C13H23NO.ClH/c1-8(15)12(14)13-5-9-2-10(6-13)4-11(3-9)7-13;/h8-12,15H,2-7,14H2,1H3;1H/t8-,9?,10?,11?,12-,13?;/m0./s1. The molecule has 0 amide bonds. The number of rotatable bonds is 2. The molecule has 0 aromatic heterocycles. The molecule has 0 saturated heterocycles. The predicted molar refractivity (Wildman–Crippen MR) is 67.5 cm³/mol. The van der Waals surface area contributed by atoms with Gasteiger partial charge in [0.2, 0.25) is 0 Å². The Hall–Kier alpha value is 0.210. The topological polar surface area (TPSA) is 46.2 Å². The van der Waals surface area contributed by atoms with E-state index in [1.54, 1.807) is 0 Å². The number of hydrogen-bond acceptors (Lipinski definition) is 2. The molecule has 2 nitrogen and oxygen atoms in total. The van der Waals surface area contributed by atoms with Crippen LogP contribution in [-0.4, -0.2) is 17.3 Å². The zero-order valence-corrected chi connectivity index (χ0v) is 10.9. The third-order valence-corrected chi connectivity index (χ3v) is 5.31. The van der Waals surface area contributed by atoms with Crippen LogP contribution in [0.4, 0.5) is 0 Å². The second-order valence-corrected chi connectivity index (χ2v) is 6.55. The molecule has 2 atom stereocenters. The molecule has 0 aromatic rings. The van der Waals surface area contributed by atoms with Crippen molar-refractivity contribution in [2.75, 3.05) is 0 Å². The molecule has 4 saturated carbocycles. The van der Waals surface area contributed by atoms with Gasteiger partial charge in [0, 0.05) is 6.04 Å². The van der Waals surface area contributed by atoms with Crippen molar-refractivity contribution in [2.24, 2.45) is 28.9 Å². The Bertz CT molecular complexity index is 231. The highest BCUT2D eigenvalue weighted by Crippen LogP contribution is 2.61. The molecule has 3 heteroatoms. The summed E-state index contributed by atoms with van der Waals surface area (Å²) >= 11 is 0. The van der Waals surface area contributed by atoms with Crippen molar-refractivity contribution >= 4 is 12.4 Å². The van der Waals surface area contributed by atoms with Crippen LogP contribution in [0.3, 0.4) is 0 Å². The summed E-state index contributed by atoms with van der Waals surface area (Å²) in [5.74, 6) is 2.79. The highest BCUT2D eigenvalue weighted by molar-refractivity contribution is 5.85. The fourth-order valence-electron chi connectivity index (χ4n) is 5.10. The zero-order valence-electron chi connectivity index (χ0n) is 10.1. The molecule has 4 rings (SSSR count). The van der Waals surface area contributed by atoms with Gasteiger partial charge in [0.25, 0.3) is 0 Å². The molecular weight excluding hydrogens is 222 g/mol. The van der Waals surface area contributed by atoms with Crippen LogP contribution >= 0.6 is 12.4 Å². The van der Waals surface area contributed by atoms with Crippen molar-refractivity contribution in [2.45, 2.75) is 57.6 Å². The second-order valence-electron chi connectivity index (χ2n) is 6.55. The first-order chi connectivity index (χ1) is 7.09. The summed E-state index contributed by atoms with van der Waals surface area (Å²) in [4.78, 5) is 0. The highest BCUT2D eigenvalue weighted by Gasteiger charge is 2.54. The average Bonchev–Trinajstić information content (AvgIpc) is 2.14. The van der Waals surface area contributed by atoms with Crippen molar-refractivity contribution in [1.82, 2.24) is 0 Å². The largest absolute Gasteiger partial charge is 0.392 e. The third-order valence-electron chi connectivity index (χ3n) is 5.31. The van der Waals surface area contributed by atoms with Crippen LogP contribution < -0.4 is 5.73 Å². The lowest BCUT2D eigenvalue weighted by Crippen LogP contribution is -2.57. The van der Waals surface area contributed by atoms with E-state index in [1.807, 2.05) is 6.92 Å². The Balaban J connectivity index is 0.000000963.